The number of carbonyl (C=O) groups is 4. The van der Waals surface area contributed by atoms with Crippen LogP contribution in [-0.4, -0.2) is 114 Å². The fourth-order valence-corrected chi connectivity index (χ4v) is 7.87. The van der Waals surface area contributed by atoms with Crippen LogP contribution >= 0.6 is 46.2 Å². The van der Waals surface area contributed by atoms with Crippen LogP contribution in [-0.2, 0) is 30.4 Å². The average Bonchev–Trinajstić information content (AvgIpc) is 3.42. The van der Waals surface area contributed by atoms with Crippen molar-refractivity contribution in [2.45, 2.75) is 29.1 Å². The first-order valence-electron chi connectivity index (χ1n) is 10.4. The zero-order valence-electron chi connectivity index (χ0n) is 19.3. The van der Waals surface area contributed by atoms with E-state index in [1.54, 1.807) is 6.92 Å². The molecule has 0 radical (unpaired) electrons. The Bertz CT molecular complexity index is 1340. The van der Waals surface area contributed by atoms with Gasteiger partial charge in [0.2, 0.25) is 0 Å². The topological polar surface area (TPSA) is 197 Å². The molecule has 18 heteroatoms. The number of amides is 2. The average molecular weight is 609 g/mol. The number of carboxylic acids is 2. The molecule has 2 aromatic heterocycles. The first kappa shape index (κ1) is 30.4. The Hall–Kier alpha value is -2.15. The van der Waals surface area contributed by atoms with Crippen LogP contribution in [0.25, 0.3) is 0 Å². The molecule has 2 aromatic rings. The number of thioether (sulfide) groups is 2. The molecule has 198 valence electrons. The maximum atomic E-state index is 13.0. The van der Waals surface area contributed by atoms with Crippen molar-refractivity contribution in [3.8, 4) is 0 Å². The van der Waals surface area contributed by atoms with Crippen molar-refractivity contribution in [3.05, 3.63) is 32.9 Å². The molecular weight excluding hydrogens is 588 g/mol. The molecule has 0 aromatic carbocycles. The van der Waals surface area contributed by atoms with E-state index >= 15 is 0 Å². The molecule has 0 unspecified atom stereocenters. The molecule has 4 heterocycles. The number of nitrogen functional groups attached to an aromatic ring is 1. The number of hydrogen-bond acceptors (Lipinski definition) is 13. The van der Waals surface area contributed by atoms with Crippen molar-refractivity contribution in [3.63, 3.8) is 0 Å². The molecule has 2 aliphatic rings. The Kier molecular flexibility index (Phi) is 10.2. The number of carbonyl (C=O) groups excluding carboxylic acids is 2. The van der Waals surface area contributed by atoms with Gasteiger partial charge in [-0.05, 0) is 12.5 Å². The van der Waals surface area contributed by atoms with Crippen molar-refractivity contribution in [1.82, 2.24) is 20.2 Å². The summed E-state index contributed by atoms with van der Waals surface area (Å²) in [5.74, 6) is -2.89. The van der Waals surface area contributed by atoms with Gasteiger partial charge in [-0.2, -0.15) is 0 Å². The van der Waals surface area contributed by atoms with Gasteiger partial charge in [-0.25, -0.2) is 14.8 Å². The number of β-lactam (4-membered cyclic amide) rings is 1. The molecule has 4 rings (SSSR count). The Labute approximate surface area is 254 Å². The number of anilines is 1. The molecule has 0 aliphatic carbocycles. The molecule has 5 N–H and O–H groups in total. The van der Waals surface area contributed by atoms with Crippen molar-refractivity contribution >= 4 is 110 Å². The molecule has 1 fully saturated rings. The van der Waals surface area contributed by atoms with Gasteiger partial charge in [-0.15, -0.1) is 34.4 Å². The summed E-state index contributed by atoms with van der Waals surface area (Å²) >= 11 is 4.98. The fraction of sp³-hybridized carbons (Fsp3) is 0.350. The quantitative estimate of drug-likeness (QED) is 0.0951. The van der Waals surface area contributed by atoms with E-state index in [9.17, 15) is 24.3 Å². The van der Waals surface area contributed by atoms with Crippen LogP contribution < -0.4 is 11.1 Å². The monoisotopic (exact) mass is 608 g/mol. The van der Waals surface area contributed by atoms with E-state index in [2.05, 4.69) is 20.4 Å². The summed E-state index contributed by atoms with van der Waals surface area (Å²) in [6.07, 6.45) is -0.132. The van der Waals surface area contributed by atoms with Crippen LogP contribution in [0.1, 0.15) is 16.3 Å². The number of carboxylic acid groups (broad SMARTS) is 2. The van der Waals surface area contributed by atoms with E-state index in [-0.39, 0.29) is 64.0 Å². The Morgan fingerprint density at radius 3 is 2.68 bits per heavy atom. The maximum absolute atomic E-state index is 13.0. The number of oxime groups is 1. The van der Waals surface area contributed by atoms with Crippen molar-refractivity contribution in [2.75, 3.05) is 24.3 Å². The summed E-state index contributed by atoms with van der Waals surface area (Å²) in [7, 11) is 1.26. The van der Waals surface area contributed by atoms with Gasteiger partial charge in [0.25, 0.3) is 11.8 Å². The predicted octanol–water partition coefficient (Wildman–Crippen LogP) is 0.350. The van der Waals surface area contributed by atoms with E-state index in [0.29, 0.717) is 26.2 Å². The molecule has 0 spiro atoms. The summed E-state index contributed by atoms with van der Waals surface area (Å²) in [5, 5.41) is 26.3. The molecule has 0 saturated carbocycles. The third-order valence-corrected chi connectivity index (χ3v) is 9.65. The van der Waals surface area contributed by atoms with E-state index in [4.69, 9.17) is 15.7 Å². The number of nitrogens with two attached hydrogens (primary N) is 1. The first-order valence-corrected chi connectivity index (χ1v) is 14.2. The number of aryl methyl sites for hydroxylation is 1. The van der Waals surface area contributed by atoms with Crippen LogP contribution in [0.15, 0.2) is 26.1 Å². The number of hydrogen-bond donors (Lipinski definition) is 4. The van der Waals surface area contributed by atoms with Gasteiger partial charge < -0.3 is 26.1 Å². The minimum absolute atomic E-state index is 0. The Balaban J connectivity index is 0.00000400. The van der Waals surface area contributed by atoms with Gasteiger partial charge >= 0.3 is 41.5 Å². The van der Waals surface area contributed by atoms with Gasteiger partial charge in [0.15, 0.2) is 15.2 Å². The second-order valence-corrected chi connectivity index (χ2v) is 12.0. The molecule has 1 saturated heterocycles. The second-order valence-electron chi connectivity index (χ2n) is 7.66. The van der Waals surface area contributed by atoms with Crippen molar-refractivity contribution in [1.29, 1.82) is 0 Å². The van der Waals surface area contributed by atoms with E-state index < -0.39 is 35.2 Å². The molecule has 2 atom stereocenters. The number of fused-ring (bicyclic) bond motifs is 1. The second kappa shape index (κ2) is 12.8. The number of rotatable bonds is 10. The number of aliphatic carboxylic acids is 2. The molecule has 2 amide bonds. The van der Waals surface area contributed by atoms with Crippen LogP contribution in [0.2, 0.25) is 0 Å². The third-order valence-electron chi connectivity index (χ3n) is 5.25. The molecule has 0 bridgehead atoms. The number of nitrogens with one attached hydrogen (secondary N) is 1. The fourth-order valence-electron chi connectivity index (χ4n) is 3.61. The van der Waals surface area contributed by atoms with Gasteiger partial charge in [0.1, 0.15) is 29.9 Å². The standard InChI is InChI=1S/C20H20N6O7S4.Na.H/c1-7-10(3-11(27)28)37-20(22-7)36-5-8-4-34-17-13(16(30)26(17)14(8)18(31)32)24-15(29)12(25-33-2)9-6-35-19(21)23-9;;/h6,13,17H,3-5H2,1-2H3,(H2,21,23)(H,24,29)(H,27,28)(H,31,32);;/b25-12-;;/t13-,17-;;/m1../s1. The molecular formula is C20H21N6NaO7S4. The third kappa shape index (κ3) is 6.35. The summed E-state index contributed by atoms with van der Waals surface area (Å²) in [6, 6.07) is -0.959. The van der Waals surface area contributed by atoms with Crippen LogP contribution in [0.4, 0.5) is 5.13 Å². The van der Waals surface area contributed by atoms with E-state index in [0.717, 1.165) is 11.3 Å². The van der Waals surface area contributed by atoms with Crippen LogP contribution in [0.5, 0.6) is 0 Å². The number of nitrogens with zero attached hydrogens (tertiary/aromatic N) is 4. The predicted molar refractivity (Wildman–Crippen MR) is 146 cm³/mol. The number of aromatic nitrogens is 2. The van der Waals surface area contributed by atoms with Crippen LogP contribution in [0.3, 0.4) is 0 Å². The Morgan fingerprint density at radius 1 is 1.34 bits per heavy atom. The van der Waals surface area contributed by atoms with Gasteiger partial charge in [-0.3, -0.25) is 19.3 Å². The molecule has 38 heavy (non-hydrogen) atoms. The zero-order chi connectivity index (χ0) is 26.9. The van der Waals surface area contributed by atoms with Crippen LogP contribution in [0, 0.1) is 6.92 Å². The normalized spacial score (nSPS) is 18.8. The first-order chi connectivity index (χ1) is 17.6. The summed E-state index contributed by atoms with van der Waals surface area (Å²) < 4.78 is 0.617. The van der Waals surface area contributed by atoms with Gasteiger partial charge in [0.05, 0.1) is 12.1 Å². The Morgan fingerprint density at radius 2 is 2.08 bits per heavy atom. The zero-order valence-corrected chi connectivity index (χ0v) is 22.6. The SMILES string of the molecule is CO/N=C(\C(=O)N[C@@H]1C(=O)N2C(C(=O)O)=C(CSc3nc(C)c(CC(=O)O)s3)CS[C@H]12)c1csc(N)n1.[NaH]. The van der Waals surface area contributed by atoms with Gasteiger partial charge in [0, 0.05) is 21.8 Å². The molecule has 2 aliphatic heterocycles. The number of thiazole rings is 2. The molecule has 13 nitrogen and oxygen atoms in total. The van der Waals surface area contributed by atoms with Crippen molar-refractivity contribution in [2.24, 2.45) is 5.16 Å². The summed E-state index contributed by atoms with van der Waals surface area (Å²) in [5.41, 5.74) is 6.70. The van der Waals surface area contributed by atoms with Gasteiger partial charge in [-0.1, -0.05) is 16.9 Å². The van der Waals surface area contributed by atoms with E-state index in [1.165, 1.54) is 52.3 Å². The van der Waals surface area contributed by atoms with Crippen molar-refractivity contribution < 1.29 is 34.2 Å². The van der Waals surface area contributed by atoms with E-state index in [1.807, 2.05) is 0 Å². The minimum atomic E-state index is -1.25. The summed E-state index contributed by atoms with van der Waals surface area (Å²) in [6.45, 7) is 1.72. The summed E-state index contributed by atoms with van der Waals surface area (Å²) in [4.78, 5) is 63.9.